The van der Waals surface area contributed by atoms with Crippen molar-refractivity contribution in [2.75, 3.05) is 44.7 Å². The first-order valence-corrected chi connectivity index (χ1v) is 19.4. The van der Waals surface area contributed by atoms with Gasteiger partial charge in [0.25, 0.3) is 5.91 Å². The molecule has 9 rings (SSSR count). The summed E-state index contributed by atoms with van der Waals surface area (Å²) in [6.07, 6.45) is 3.35. The molecule has 1 unspecified atom stereocenters. The van der Waals surface area contributed by atoms with E-state index in [1.807, 2.05) is 0 Å². The number of halogens is 4. The Balaban J connectivity index is 1.03. The third-order valence-corrected chi connectivity index (χ3v) is 13.0. The van der Waals surface area contributed by atoms with Gasteiger partial charge in [-0.3, -0.25) is 28.9 Å². The first kappa shape index (κ1) is 35.9. The van der Waals surface area contributed by atoms with Gasteiger partial charge in [0.1, 0.15) is 34.9 Å². The monoisotopic (exact) mass is 757 g/mol. The molecule has 3 aliphatic carbocycles. The van der Waals surface area contributed by atoms with Gasteiger partial charge in [0.2, 0.25) is 11.8 Å². The van der Waals surface area contributed by atoms with E-state index >= 15 is 4.39 Å². The van der Waals surface area contributed by atoms with Gasteiger partial charge in [-0.05, 0) is 81.3 Å². The van der Waals surface area contributed by atoms with Crippen molar-refractivity contribution >= 4 is 23.4 Å². The normalized spacial score (nSPS) is 27.0. The SMILES string of the molecule is Cn1nccc1C(=O)N[C@H](C(=O)Nc1cc2c(cc1F)C(N1C[C@@H](C(F)(F)F)N(C3CC3)CC1=O)CC1(CCN(C3COC3)CC1)O2)C(C1CC1)C1CC1. The molecular weight excluding hydrogens is 710 g/mol. The topological polar surface area (TPSA) is 121 Å². The minimum absolute atomic E-state index is 0.111. The predicted molar refractivity (Wildman–Crippen MR) is 186 cm³/mol. The fourth-order valence-electron chi connectivity index (χ4n) is 9.45. The van der Waals surface area contributed by atoms with Gasteiger partial charge >= 0.3 is 6.18 Å². The number of ether oxygens (including phenoxy) is 2. The van der Waals surface area contributed by atoms with E-state index in [4.69, 9.17) is 9.47 Å². The maximum atomic E-state index is 16.3. The van der Waals surface area contributed by atoms with Gasteiger partial charge in [-0.15, -0.1) is 0 Å². The molecular formula is C38H47F4N7O5. The molecule has 1 aromatic heterocycles. The molecule has 3 atom stereocenters. The number of carbonyl (C=O) groups is 3. The van der Waals surface area contributed by atoms with E-state index in [-0.39, 0.29) is 53.8 Å². The van der Waals surface area contributed by atoms with Crippen molar-refractivity contribution in [3.05, 3.63) is 41.5 Å². The van der Waals surface area contributed by atoms with Crippen molar-refractivity contribution in [2.24, 2.45) is 24.8 Å². The van der Waals surface area contributed by atoms with Crippen LogP contribution in [0.1, 0.15) is 79.9 Å². The Kier molecular flexibility index (Phi) is 8.96. The van der Waals surface area contributed by atoms with E-state index in [0.29, 0.717) is 63.7 Å². The number of hydrogen-bond acceptors (Lipinski definition) is 8. The summed E-state index contributed by atoms with van der Waals surface area (Å²) < 4.78 is 73.5. The van der Waals surface area contributed by atoms with Gasteiger partial charge in [0, 0.05) is 57.0 Å². The van der Waals surface area contributed by atoms with Crippen molar-refractivity contribution in [1.29, 1.82) is 0 Å². The summed E-state index contributed by atoms with van der Waals surface area (Å²) in [5.41, 5.74) is -0.391. The molecule has 292 valence electrons. The number of carbonyl (C=O) groups excluding carboxylic acids is 3. The zero-order valence-electron chi connectivity index (χ0n) is 30.3. The summed E-state index contributed by atoms with van der Waals surface area (Å²) >= 11 is 0. The average molecular weight is 758 g/mol. The second kappa shape index (κ2) is 13.5. The Bertz CT molecular complexity index is 1790. The molecule has 54 heavy (non-hydrogen) atoms. The van der Waals surface area contributed by atoms with E-state index in [9.17, 15) is 27.6 Å². The summed E-state index contributed by atoms with van der Waals surface area (Å²) in [6, 6.07) is 0.615. The maximum absolute atomic E-state index is 16.3. The van der Waals surface area contributed by atoms with Gasteiger partial charge in [-0.1, -0.05) is 0 Å². The lowest BCUT2D eigenvalue weighted by Crippen LogP contribution is -2.63. The molecule has 12 nitrogen and oxygen atoms in total. The number of piperidine rings is 1. The number of aryl methyl sites for hydroxylation is 1. The summed E-state index contributed by atoms with van der Waals surface area (Å²) in [6.45, 7) is 1.74. The van der Waals surface area contributed by atoms with Crippen LogP contribution in [-0.2, 0) is 21.4 Å². The van der Waals surface area contributed by atoms with Gasteiger partial charge in [-0.25, -0.2) is 4.39 Å². The quantitative estimate of drug-likeness (QED) is 0.349. The third-order valence-electron chi connectivity index (χ3n) is 13.0. The predicted octanol–water partition coefficient (Wildman–Crippen LogP) is 4.03. The van der Waals surface area contributed by atoms with Crippen molar-refractivity contribution < 1.29 is 41.4 Å². The van der Waals surface area contributed by atoms with Gasteiger partial charge in [0.05, 0.1) is 37.5 Å². The van der Waals surface area contributed by atoms with Crippen LogP contribution in [0.15, 0.2) is 24.4 Å². The summed E-state index contributed by atoms with van der Waals surface area (Å²) in [5, 5.41) is 9.79. The van der Waals surface area contributed by atoms with E-state index < -0.39 is 60.0 Å². The molecule has 1 aromatic carbocycles. The summed E-state index contributed by atoms with van der Waals surface area (Å²) in [5.74, 6) is -1.55. The Morgan fingerprint density at radius 1 is 1.02 bits per heavy atom. The van der Waals surface area contributed by atoms with E-state index in [1.54, 1.807) is 13.1 Å². The molecule has 3 saturated carbocycles. The summed E-state index contributed by atoms with van der Waals surface area (Å²) in [7, 11) is 1.64. The van der Waals surface area contributed by atoms with Crippen LogP contribution in [0.5, 0.6) is 5.75 Å². The van der Waals surface area contributed by atoms with Gasteiger partial charge in [-0.2, -0.15) is 18.3 Å². The third kappa shape index (κ3) is 6.86. The number of likely N-dealkylation sites (tertiary alicyclic amines) is 1. The highest BCUT2D eigenvalue weighted by Crippen LogP contribution is 2.52. The zero-order valence-corrected chi connectivity index (χ0v) is 30.3. The van der Waals surface area contributed by atoms with Crippen LogP contribution in [0.4, 0.5) is 23.2 Å². The molecule has 4 aliphatic heterocycles. The minimum atomic E-state index is -4.55. The number of nitrogens with zero attached hydrogens (tertiary/aromatic N) is 5. The number of benzene rings is 1. The summed E-state index contributed by atoms with van der Waals surface area (Å²) in [4.78, 5) is 46.3. The minimum Gasteiger partial charge on any atom is -0.487 e. The molecule has 6 fully saturated rings. The van der Waals surface area contributed by atoms with E-state index in [1.165, 1.54) is 32.8 Å². The fourth-order valence-corrected chi connectivity index (χ4v) is 9.45. The van der Waals surface area contributed by atoms with Crippen LogP contribution in [0.3, 0.4) is 0 Å². The van der Waals surface area contributed by atoms with Crippen LogP contribution in [-0.4, -0.2) is 118 Å². The van der Waals surface area contributed by atoms with Crippen LogP contribution < -0.4 is 15.4 Å². The van der Waals surface area contributed by atoms with Gasteiger partial charge in [0.15, 0.2) is 0 Å². The fraction of sp³-hybridized carbons (Fsp3) is 0.684. The number of piperazine rings is 1. The molecule has 3 amide bonds. The highest BCUT2D eigenvalue weighted by molar-refractivity contribution is 6.01. The number of nitrogens with one attached hydrogen (secondary N) is 2. The lowest BCUT2D eigenvalue weighted by atomic mass is 9.79. The molecule has 2 aromatic rings. The Labute approximate surface area is 310 Å². The highest BCUT2D eigenvalue weighted by atomic mass is 19.4. The smallest absolute Gasteiger partial charge is 0.405 e. The molecule has 7 aliphatic rings. The van der Waals surface area contributed by atoms with E-state index in [0.717, 1.165) is 25.7 Å². The molecule has 16 heteroatoms. The Morgan fingerprint density at radius 2 is 1.72 bits per heavy atom. The molecule has 0 radical (unpaired) electrons. The van der Waals surface area contributed by atoms with Crippen LogP contribution in [0.2, 0.25) is 0 Å². The van der Waals surface area contributed by atoms with Crippen molar-refractivity contribution in [3.63, 3.8) is 0 Å². The number of alkyl halides is 3. The lowest BCUT2D eigenvalue weighted by Gasteiger charge is -2.52. The van der Waals surface area contributed by atoms with Crippen molar-refractivity contribution in [3.8, 4) is 5.75 Å². The second-order valence-electron chi connectivity index (χ2n) is 16.6. The van der Waals surface area contributed by atoms with Gasteiger partial charge < -0.3 is 25.0 Å². The number of hydrogen-bond donors (Lipinski definition) is 2. The van der Waals surface area contributed by atoms with E-state index in [2.05, 4.69) is 20.6 Å². The molecule has 2 N–H and O–H groups in total. The van der Waals surface area contributed by atoms with Crippen molar-refractivity contribution in [2.45, 2.75) is 99.8 Å². The Morgan fingerprint density at radius 3 is 2.30 bits per heavy atom. The highest BCUT2D eigenvalue weighted by Gasteiger charge is 2.56. The standard InChI is InChI=1S/C38H47F4N7O5/c1-46-28(8-11-43-46)35(51)45-34(33(21-2-3-21)22-4-5-22)36(52)44-27-15-30-25(14-26(27)39)29(16-37(54-30)9-12-47(13-10-37)24-19-53-20-24)49-17-31(38(40,41)42)48(18-32(49)50)23-6-7-23/h8,11,14-15,21-24,29,31,33-34H,2-7,9-10,12-13,16-20H2,1H3,(H,44,52)(H,45,51)/t29?,31-,34-/m0/s1. The lowest BCUT2D eigenvalue weighted by molar-refractivity contribution is -0.204. The molecule has 5 heterocycles. The number of fused-ring (bicyclic) bond motifs is 1. The number of anilines is 1. The number of aromatic nitrogens is 2. The molecule has 3 saturated heterocycles. The van der Waals surface area contributed by atoms with Crippen LogP contribution in [0, 0.1) is 23.6 Å². The maximum Gasteiger partial charge on any atom is 0.405 e. The molecule has 1 spiro atoms. The Hall–Kier alpha value is -3.76. The first-order valence-electron chi connectivity index (χ1n) is 19.4. The number of amides is 3. The first-order chi connectivity index (χ1) is 25.9. The second-order valence-corrected chi connectivity index (χ2v) is 16.6. The zero-order chi connectivity index (χ0) is 37.5. The van der Waals surface area contributed by atoms with Crippen LogP contribution >= 0.6 is 0 Å². The van der Waals surface area contributed by atoms with Crippen molar-refractivity contribution in [1.82, 2.24) is 29.8 Å². The largest absolute Gasteiger partial charge is 0.487 e. The molecule has 0 bridgehead atoms. The van der Waals surface area contributed by atoms with Crippen LogP contribution in [0.25, 0.3) is 0 Å². The number of rotatable bonds is 10. The average Bonchev–Trinajstić information content (AvgIpc) is 3.96.